The molecule has 0 spiro atoms. The van der Waals surface area contributed by atoms with E-state index in [0.717, 1.165) is 11.1 Å². The first kappa shape index (κ1) is 8.64. The van der Waals surface area contributed by atoms with E-state index < -0.39 is 0 Å². The Bertz CT molecular complexity index is 108. The van der Waals surface area contributed by atoms with Gasteiger partial charge >= 0.3 is 0 Å². The summed E-state index contributed by atoms with van der Waals surface area (Å²) < 4.78 is 0. The third-order valence-corrected chi connectivity index (χ3v) is 1.80. The summed E-state index contributed by atoms with van der Waals surface area (Å²) in [5, 5.41) is 0.478. The minimum absolute atomic E-state index is 0.239. The summed E-state index contributed by atoms with van der Waals surface area (Å²) in [7, 11) is 0. The number of allylic oxidation sites excluding steroid dienone is 2. The Morgan fingerprint density at radius 2 is 1.12 bits per heavy atom. The molecule has 0 bridgehead atoms. The lowest BCUT2D eigenvalue weighted by atomic mass is 10.6. The van der Waals surface area contributed by atoms with Crippen LogP contribution >= 0.6 is 46.4 Å². The van der Waals surface area contributed by atoms with Crippen LogP contribution < -0.4 is 0 Å². The van der Waals surface area contributed by atoms with Crippen molar-refractivity contribution in [3.8, 4) is 0 Å². The SMILES string of the molecule is Cl/C=C(Cl)/C(Cl)=C/Cl. The van der Waals surface area contributed by atoms with Crippen LogP contribution in [0.3, 0.4) is 0 Å². The van der Waals surface area contributed by atoms with E-state index in [9.17, 15) is 0 Å². The molecule has 8 heavy (non-hydrogen) atoms. The van der Waals surface area contributed by atoms with E-state index in [1.807, 2.05) is 0 Å². The smallest absolute Gasteiger partial charge is 0.0714 e. The van der Waals surface area contributed by atoms with Gasteiger partial charge in [-0.1, -0.05) is 46.4 Å². The third kappa shape index (κ3) is 2.83. The second kappa shape index (κ2) is 4.51. The van der Waals surface area contributed by atoms with Gasteiger partial charge in [-0.3, -0.25) is 0 Å². The van der Waals surface area contributed by atoms with Crippen molar-refractivity contribution in [3.05, 3.63) is 21.1 Å². The molecule has 0 unspecified atom stereocenters. The van der Waals surface area contributed by atoms with Gasteiger partial charge in [0.2, 0.25) is 0 Å². The van der Waals surface area contributed by atoms with Crippen LogP contribution in [0.1, 0.15) is 0 Å². The molecule has 0 aliphatic rings. The Hall–Kier alpha value is 0.640. The Labute approximate surface area is 67.7 Å². The molecule has 0 aromatic rings. The minimum atomic E-state index is 0.239. The molecule has 0 radical (unpaired) electrons. The van der Waals surface area contributed by atoms with Crippen molar-refractivity contribution in [3.63, 3.8) is 0 Å². The summed E-state index contributed by atoms with van der Waals surface area (Å²) in [5.74, 6) is 0. The standard InChI is InChI=1S/C4H2Cl4/c5-1-3(7)4(8)2-6/h1-2H/b3-1-,4-2-. The average Bonchev–Trinajstić information content (AvgIpc) is 1.84. The van der Waals surface area contributed by atoms with Crippen molar-refractivity contribution in [2.45, 2.75) is 0 Å². The predicted octanol–water partition coefficient (Wildman–Crippen LogP) is 3.62. The first-order chi connectivity index (χ1) is 3.72. The molecule has 4 heteroatoms. The minimum Gasteiger partial charge on any atom is -0.0913 e. The molecule has 0 saturated carbocycles. The van der Waals surface area contributed by atoms with Crippen LogP contribution in [0.4, 0.5) is 0 Å². The second-order valence-corrected chi connectivity index (χ2v) is 2.16. The topological polar surface area (TPSA) is 0 Å². The number of halogens is 4. The summed E-state index contributed by atoms with van der Waals surface area (Å²) in [5.41, 5.74) is 2.28. The number of hydrogen-bond donors (Lipinski definition) is 0. The van der Waals surface area contributed by atoms with Gasteiger partial charge in [0.05, 0.1) is 10.1 Å². The summed E-state index contributed by atoms with van der Waals surface area (Å²) in [6.07, 6.45) is 0. The Balaban J connectivity index is 4.04. The van der Waals surface area contributed by atoms with E-state index >= 15 is 0 Å². The van der Waals surface area contributed by atoms with Gasteiger partial charge in [0.15, 0.2) is 0 Å². The highest BCUT2D eigenvalue weighted by Gasteiger charge is 1.93. The molecular weight excluding hydrogens is 190 g/mol. The second-order valence-electron chi connectivity index (χ2n) is 0.914. The van der Waals surface area contributed by atoms with Crippen molar-refractivity contribution in [1.82, 2.24) is 0 Å². The van der Waals surface area contributed by atoms with Crippen LogP contribution in [0.2, 0.25) is 0 Å². The molecule has 0 aromatic heterocycles. The van der Waals surface area contributed by atoms with E-state index in [2.05, 4.69) is 0 Å². The fraction of sp³-hybridized carbons (Fsp3) is 0. The zero-order chi connectivity index (χ0) is 6.57. The fourth-order valence-electron chi connectivity index (χ4n) is 0.104. The quantitative estimate of drug-likeness (QED) is 0.556. The molecule has 0 fully saturated rings. The van der Waals surface area contributed by atoms with Crippen LogP contribution in [0, 0.1) is 0 Å². The summed E-state index contributed by atoms with van der Waals surface area (Å²) in [6.45, 7) is 0. The average molecular weight is 192 g/mol. The Kier molecular flexibility index (Phi) is 4.87. The zero-order valence-corrected chi connectivity index (χ0v) is 6.69. The lowest BCUT2D eigenvalue weighted by Crippen LogP contribution is -1.64. The van der Waals surface area contributed by atoms with Crippen LogP contribution in [-0.4, -0.2) is 0 Å². The van der Waals surface area contributed by atoms with Crippen LogP contribution in [-0.2, 0) is 0 Å². The van der Waals surface area contributed by atoms with Gasteiger partial charge in [0.25, 0.3) is 0 Å². The molecule has 0 saturated heterocycles. The van der Waals surface area contributed by atoms with Crippen molar-refractivity contribution >= 4 is 46.4 Å². The van der Waals surface area contributed by atoms with Gasteiger partial charge in [-0.05, 0) is 0 Å². The highest BCUT2D eigenvalue weighted by atomic mass is 35.5. The Morgan fingerprint density at radius 3 is 1.25 bits per heavy atom. The summed E-state index contributed by atoms with van der Waals surface area (Å²) >= 11 is 21.0. The number of hydrogen-bond acceptors (Lipinski definition) is 0. The summed E-state index contributed by atoms with van der Waals surface area (Å²) in [4.78, 5) is 0. The fourth-order valence-corrected chi connectivity index (χ4v) is 0.560. The van der Waals surface area contributed by atoms with Crippen LogP contribution in [0.5, 0.6) is 0 Å². The van der Waals surface area contributed by atoms with E-state index in [1.54, 1.807) is 0 Å². The van der Waals surface area contributed by atoms with E-state index in [0.29, 0.717) is 0 Å². The van der Waals surface area contributed by atoms with Crippen LogP contribution in [0.15, 0.2) is 21.1 Å². The molecule has 0 heterocycles. The predicted molar refractivity (Wildman–Crippen MR) is 39.6 cm³/mol. The van der Waals surface area contributed by atoms with Gasteiger partial charge < -0.3 is 0 Å². The van der Waals surface area contributed by atoms with Gasteiger partial charge in [-0.2, -0.15) is 0 Å². The van der Waals surface area contributed by atoms with E-state index in [4.69, 9.17) is 46.4 Å². The van der Waals surface area contributed by atoms with Gasteiger partial charge in [0, 0.05) is 11.1 Å². The Morgan fingerprint density at radius 1 is 0.875 bits per heavy atom. The van der Waals surface area contributed by atoms with E-state index in [-0.39, 0.29) is 10.1 Å². The molecule has 0 atom stereocenters. The third-order valence-electron chi connectivity index (χ3n) is 0.420. The molecule has 0 aliphatic carbocycles. The molecule has 0 rings (SSSR count). The maximum absolute atomic E-state index is 5.36. The number of rotatable bonds is 1. The summed E-state index contributed by atoms with van der Waals surface area (Å²) in [6, 6.07) is 0. The van der Waals surface area contributed by atoms with Crippen LogP contribution in [0.25, 0.3) is 0 Å². The molecule has 0 nitrogen and oxygen atoms in total. The lowest BCUT2D eigenvalue weighted by Gasteiger charge is -1.86. The largest absolute Gasteiger partial charge is 0.0913 e. The molecule has 0 aliphatic heterocycles. The van der Waals surface area contributed by atoms with Crippen molar-refractivity contribution in [2.75, 3.05) is 0 Å². The maximum atomic E-state index is 5.36. The monoisotopic (exact) mass is 190 g/mol. The van der Waals surface area contributed by atoms with Crippen molar-refractivity contribution in [1.29, 1.82) is 0 Å². The highest BCUT2D eigenvalue weighted by Crippen LogP contribution is 2.19. The van der Waals surface area contributed by atoms with Gasteiger partial charge in [-0.15, -0.1) is 0 Å². The maximum Gasteiger partial charge on any atom is 0.0714 e. The molecule has 0 amide bonds. The van der Waals surface area contributed by atoms with E-state index in [1.165, 1.54) is 0 Å². The lowest BCUT2D eigenvalue weighted by molar-refractivity contribution is 1.90. The first-order valence-corrected chi connectivity index (χ1v) is 3.27. The van der Waals surface area contributed by atoms with Crippen molar-refractivity contribution < 1.29 is 0 Å². The van der Waals surface area contributed by atoms with Gasteiger partial charge in [0.1, 0.15) is 0 Å². The molecular formula is C4H2Cl4. The normalized spacial score (nSPS) is 14.5. The highest BCUT2D eigenvalue weighted by molar-refractivity contribution is 6.48. The zero-order valence-electron chi connectivity index (χ0n) is 3.67. The van der Waals surface area contributed by atoms with Gasteiger partial charge in [-0.25, -0.2) is 0 Å². The molecule has 0 aromatic carbocycles. The molecule has 0 N–H and O–H groups in total. The first-order valence-electron chi connectivity index (χ1n) is 1.64. The van der Waals surface area contributed by atoms with Crippen molar-refractivity contribution in [2.24, 2.45) is 0 Å². The molecule has 46 valence electrons.